The lowest BCUT2D eigenvalue weighted by atomic mass is 10.4. The number of nitrogens with one attached hydrogen (secondary N) is 1. The van der Waals surface area contributed by atoms with Crippen LogP contribution < -0.4 is 5.32 Å². The highest BCUT2D eigenvalue weighted by atomic mass is 32.2. The van der Waals surface area contributed by atoms with Crippen LogP contribution in [-0.2, 0) is 33.3 Å². The molecule has 0 aliphatic heterocycles. The third-order valence-electron chi connectivity index (χ3n) is 2.81. The lowest BCUT2D eigenvalue weighted by Crippen LogP contribution is -2.26. The molecule has 0 spiro atoms. The van der Waals surface area contributed by atoms with Crippen molar-refractivity contribution in [1.82, 2.24) is 5.32 Å². The van der Waals surface area contributed by atoms with Gasteiger partial charge in [0.05, 0.1) is 66.1 Å². The number of amides is 1. The van der Waals surface area contributed by atoms with Crippen LogP contribution in [0, 0.1) is 0 Å². The summed E-state index contributed by atoms with van der Waals surface area (Å²) in [5.41, 5.74) is 0. The van der Waals surface area contributed by atoms with E-state index in [4.69, 9.17) is 28.5 Å². The molecular weight excluding hydrogens is 410 g/mol. The summed E-state index contributed by atoms with van der Waals surface area (Å²) in [5, 5.41) is 2.74. The monoisotopic (exact) mass is 457 g/mol. The van der Waals surface area contributed by atoms with E-state index in [1.165, 1.54) is 0 Å². The molecule has 0 aromatic heterocycles. The molecule has 0 aromatic carbocycles. The summed E-state index contributed by atoms with van der Waals surface area (Å²) >= 11 is 1.77. The SMILES string of the molecule is C=O.CC.CC.CCC(=O)NCCOCCOCCOCCOCCOCCSC. The Bertz CT molecular complexity index is 288. The van der Waals surface area contributed by atoms with Gasteiger partial charge in [0, 0.05) is 18.7 Å². The average Bonchev–Trinajstić information content (AvgIpc) is 2.82. The molecular formula is C21H47NO7S. The van der Waals surface area contributed by atoms with Crippen LogP contribution in [0.4, 0.5) is 0 Å². The van der Waals surface area contributed by atoms with Crippen molar-refractivity contribution in [2.45, 2.75) is 41.0 Å². The Morgan fingerprint density at radius 3 is 1.37 bits per heavy atom. The maximum Gasteiger partial charge on any atom is 0.219 e. The van der Waals surface area contributed by atoms with Crippen molar-refractivity contribution in [2.75, 3.05) is 84.6 Å². The van der Waals surface area contributed by atoms with Gasteiger partial charge in [-0.2, -0.15) is 11.8 Å². The minimum Gasteiger partial charge on any atom is -0.378 e. The molecule has 8 nitrogen and oxygen atoms in total. The third kappa shape index (κ3) is 41.6. The highest BCUT2D eigenvalue weighted by molar-refractivity contribution is 7.98. The zero-order chi connectivity index (χ0) is 23.7. The van der Waals surface area contributed by atoms with Crippen molar-refractivity contribution in [3.8, 4) is 0 Å². The topological polar surface area (TPSA) is 92.3 Å². The molecule has 1 amide bonds. The van der Waals surface area contributed by atoms with Gasteiger partial charge in [-0.3, -0.25) is 4.79 Å². The van der Waals surface area contributed by atoms with Crippen molar-refractivity contribution in [1.29, 1.82) is 0 Å². The molecule has 30 heavy (non-hydrogen) atoms. The molecule has 0 aliphatic rings. The molecule has 184 valence electrons. The summed E-state index contributed by atoms with van der Waals surface area (Å²) in [5.74, 6) is 1.06. The quantitative estimate of drug-likeness (QED) is 0.296. The molecule has 0 rings (SSSR count). The van der Waals surface area contributed by atoms with Crippen molar-refractivity contribution < 1.29 is 33.3 Å². The average molecular weight is 458 g/mol. The summed E-state index contributed by atoms with van der Waals surface area (Å²) in [6.07, 6.45) is 2.56. The number of hydrogen-bond acceptors (Lipinski definition) is 8. The van der Waals surface area contributed by atoms with Crippen molar-refractivity contribution in [3.05, 3.63) is 0 Å². The van der Waals surface area contributed by atoms with Crippen LogP contribution in [0.1, 0.15) is 41.0 Å². The standard InChI is InChI=1S/C16H33NO6S.2C2H6.CH2O/c1-3-16(18)17-4-5-19-6-7-20-8-9-21-10-11-22-12-13-23-14-15-24-2;3*1-2/h3-15H2,1-2H3,(H,17,18);2*1-2H3;1H2. The lowest BCUT2D eigenvalue weighted by Gasteiger charge is -2.08. The smallest absolute Gasteiger partial charge is 0.219 e. The molecule has 0 radical (unpaired) electrons. The molecule has 0 aliphatic carbocycles. The lowest BCUT2D eigenvalue weighted by molar-refractivity contribution is -0.121. The van der Waals surface area contributed by atoms with Gasteiger partial charge in [-0.1, -0.05) is 34.6 Å². The summed E-state index contributed by atoms with van der Waals surface area (Å²) in [4.78, 5) is 19.0. The Hall–Kier alpha value is -0.710. The fraction of sp³-hybridized carbons (Fsp3) is 0.905. The Kier molecular flexibility index (Phi) is 51.8. The van der Waals surface area contributed by atoms with Crippen molar-refractivity contribution in [3.63, 3.8) is 0 Å². The second kappa shape index (κ2) is 42.4. The predicted molar refractivity (Wildman–Crippen MR) is 126 cm³/mol. The van der Waals surface area contributed by atoms with Gasteiger partial charge in [0.25, 0.3) is 0 Å². The van der Waals surface area contributed by atoms with E-state index in [1.54, 1.807) is 11.8 Å². The normalized spacial score (nSPS) is 9.27. The van der Waals surface area contributed by atoms with Crippen LogP contribution in [0.5, 0.6) is 0 Å². The first kappa shape index (κ1) is 36.7. The summed E-state index contributed by atoms with van der Waals surface area (Å²) in [6, 6.07) is 0. The van der Waals surface area contributed by atoms with E-state index in [1.807, 2.05) is 41.4 Å². The van der Waals surface area contributed by atoms with Crippen LogP contribution in [0.2, 0.25) is 0 Å². The van der Waals surface area contributed by atoms with Crippen LogP contribution in [0.3, 0.4) is 0 Å². The van der Waals surface area contributed by atoms with Gasteiger partial charge >= 0.3 is 0 Å². The van der Waals surface area contributed by atoms with E-state index >= 15 is 0 Å². The van der Waals surface area contributed by atoms with Gasteiger partial charge in [-0.25, -0.2) is 0 Å². The van der Waals surface area contributed by atoms with E-state index in [9.17, 15) is 4.79 Å². The van der Waals surface area contributed by atoms with E-state index in [-0.39, 0.29) is 5.91 Å². The maximum atomic E-state index is 11.0. The number of carbonyl (C=O) groups excluding carboxylic acids is 2. The van der Waals surface area contributed by atoms with Gasteiger partial charge in [0.2, 0.25) is 5.91 Å². The largest absolute Gasteiger partial charge is 0.378 e. The minimum absolute atomic E-state index is 0.0408. The second-order valence-electron chi connectivity index (χ2n) is 4.76. The Balaban J connectivity index is -0.000000512. The first-order valence-corrected chi connectivity index (χ1v) is 12.1. The summed E-state index contributed by atoms with van der Waals surface area (Å²) < 4.78 is 26.8. The minimum atomic E-state index is 0.0408. The van der Waals surface area contributed by atoms with Gasteiger partial charge in [0.1, 0.15) is 6.79 Å². The Morgan fingerprint density at radius 1 is 0.700 bits per heavy atom. The predicted octanol–water partition coefficient (Wildman–Crippen LogP) is 2.83. The van der Waals surface area contributed by atoms with Gasteiger partial charge in [0.15, 0.2) is 0 Å². The molecule has 1 N–H and O–H groups in total. The number of thioether (sulfide) groups is 1. The first-order chi connectivity index (χ1) is 14.8. The van der Waals surface area contributed by atoms with Crippen LogP contribution in [-0.4, -0.2) is 97.3 Å². The fourth-order valence-electron chi connectivity index (χ4n) is 1.51. The second-order valence-corrected chi connectivity index (χ2v) is 5.74. The highest BCUT2D eigenvalue weighted by Crippen LogP contribution is 1.90. The molecule has 0 atom stereocenters. The molecule has 0 bridgehead atoms. The Labute approximate surface area is 189 Å². The van der Waals surface area contributed by atoms with E-state index in [0.29, 0.717) is 72.4 Å². The summed E-state index contributed by atoms with van der Waals surface area (Å²) in [6.45, 7) is 18.1. The summed E-state index contributed by atoms with van der Waals surface area (Å²) in [7, 11) is 0. The number of rotatable bonds is 19. The van der Waals surface area contributed by atoms with E-state index in [2.05, 4.69) is 11.6 Å². The zero-order valence-electron chi connectivity index (χ0n) is 20.2. The van der Waals surface area contributed by atoms with Gasteiger partial charge in [-0.15, -0.1) is 0 Å². The molecule has 0 aromatic rings. The van der Waals surface area contributed by atoms with Gasteiger partial charge in [-0.05, 0) is 6.26 Å². The number of carbonyl (C=O) groups is 2. The number of ether oxygens (including phenoxy) is 5. The number of hydrogen-bond donors (Lipinski definition) is 1. The maximum absolute atomic E-state index is 11.0. The van der Waals surface area contributed by atoms with Gasteiger partial charge < -0.3 is 33.8 Å². The molecule has 0 saturated carbocycles. The highest BCUT2D eigenvalue weighted by Gasteiger charge is 1.96. The molecule has 0 saturated heterocycles. The van der Waals surface area contributed by atoms with E-state index < -0.39 is 0 Å². The van der Waals surface area contributed by atoms with E-state index in [0.717, 1.165) is 12.4 Å². The van der Waals surface area contributed by atoms with Crippen LogP contribution in [0.15, 0.2) is 0 Å². The fourth-order valence-corrected chi connectivity index (χ4v) is 1.80. The first-order valence-electron chi connectivity index (χ1n) is 10.7. The molecule has 0 unspecified atom stereocenters. The van der Waals surface area contributed by atoms with Crippen molar-refractivity contribution >= 4 is 24.5 Å². The third-order valence-corrected chi connectivity index (χ3v) is 3.38. The van der Waals surface area contributed by atoms with Crippen LogP contribution in [0.25, 0.3) is 0 Å². The zero-order valence-corrected chi connectivity index (χ0v) is 21.0. The molecule has 0 heterocycles. The van der Waals surface area contributed by atoms with Crippen LogP contribution >= 0.6 is 11.8 Å². The Morgan fingerprint density at radius 2 is 1.03 bits per heavy atom. The molecule has 0 fully saturated rings. The van der Waals surface area contributed by atoms with Crippen molar-refractivity contribution in [2.24, 2.45) is 0 Å². The molecule has 9 heteroatoms.